The predicted molar refractivity (Wildman–Crippen MR) is 105 cm³/mol. The van der Waals surface area contributed by atoms with Gasteiger partial charge in [-0.2, -0.15) is 0 Å². The van der Waals surface area contributed by atoms with E-state index in [1.54, 1.807) is 5.57 Å². The van der Waals surface area contributed by atoms with Gasteiger partial charge >= 0.3 is 0 Å². The monoisotopic (exact) mass is 358 g/mol. The fourth-order valence-electron chi connectivity index (χ4n) is 7.90. The molecule has 26 heavy (non-hydrogen) atoms. The van der Waals surface area contributed by atoms with Gasteiger partial charge in [-0.25, -0.2) is 0 Å². The third-order valence-electron chi connectivity index (χ3n) is 9.64. The zero-order valence-corrected chi connectivity index (χ0v) is 16.6. The average Bonchev–Trinajstić information content (AvgIpc) is 3.26. The Morgan fingerprint density at radius 1 is 1.04 bits per heavy atom. The Hall–Kier alpha value is -0.340. The Labute approximate surface area is 159 Å². The second-order valence-electron chi connectivity index (χ2n) is 10.9. The summed E-state index contributed by atoms with van der Waals surface area (Å²) in [5.74, 6) is 4.45. The van der Waals surface area contributed by atoms with E-state index in [0.29, 0.717) is 5.41 Å². The molecule has 0 saturated heterocycles. The highest BCUT2D eigenvalue weighted by Gasteiger charge is 2.55. The third kappa shape index (κ3) is 2.91. The van der Waals surface area contributed by atoms with Crippen LogP contribution in [0, 0.1) is 35.0 Å². The molecule has 0 aromatic carbocycles. The van der Waals surface area contributed by atoms with Crippen LogP contribution in [0.15, 0.2) is 11.6 Å². The molecule has 0 aromatic rings. The van der Waals surface area contributed by atoms with Gasteiger partial charge in [0.1, 0.15) is 0 Å². The van der Waals surface area contributed by atoms with Crippen LogP contribution < -0.4 is 0 Å². The zero-order valence-electron chi connectivity index (χ0n) is 16.6. The van der Waals surface area contributed by atoms with Crippen molar-refractivity contribution in [2.75, 3.05) is 0 Å². The van der Waals surface area contributed by atoms with Crippen molar-refractivity contribution in [1.29, 1.82) is 0 Å². The standard InChI is InChI=1S/C24H38O2/c1-23-12-10-20-19-8-6-18(25)15-16(19)4-7-21(20)22(23)9-5-17(23)3-2-11-24(26)13-14-24/h4,17-22,25-26H,2-3,5-15H2,1H3. The number of aliphatic hydroxyl groups excluding tert-OH is 1. The quantitative estimate of drug-likeness (QED) is 0.675. The van der Waals surface area contributed by atoms with Gasteiger partial charge in [0.2, 0.25) is 0 Å². The molecule has 7 atom stereocenters. The van der Waals surface area contributed by atoms with Crippen molar-refractivity contribution < 1.29 is 10.2 Å². The number of allylic oxidation sites excluding steroid dienone is 1. The van der Waals surface area contributed by atoms with Crippen molar-refractivity contribution in [3.8, 4) is 0 Å². The highest BCUT2D eigenvalue weighted by atomic mass is 16.3. The topological polar surface area (TPSA) is 40.5 Å². The Morgan fingerprint density at radius 2 is 1.88 bits per heavy atom. The van der Waals surface area contributed by atoms with E-state index in [-0.39, 0.29) is 11.7 Å². The zero-order chi connectivity index (χ0) is 17.9. The van der Waals surface area contributed by atoms with Crippen LogP contribution in [0.2, 0.25) is 0 Å². The van der Waals surface area contributed by atoms with Crippen LogP contribution in [-0.2, 0) is 0 Å². The maximum atomic E-state index is 10.2. The molecule has 0 aromatic heterocycles. The molecule has 2 nitrogen and oxygen atoms in total. The highest BCUT2D eigenvalue weighted by molar-refractivity contribution is 5.20. The van der Waals surface area contributed by atoms with Gasteiger partial charge in [-0.3, -0.25) is 0 Å². The normalized spacial score (nSPS) is 49.0. The van der Waals surface area contributed by atoms with E-state index in [2.05, 4.69) is 13.0 Å². The largest absolute Gasteiger partial charge is 0.393 e. The summed E-state index contributed by atoms with van der Waals surface area (Å²) in [7, 11) is 0. The van der Waals surface area contributed by atoms with Crippen LogP contribution in [0.1, 0.15) is 90.4 Å². The van der Waals surface area contributed by atoms with Crippen LogP contribution >= 0.6 is 0 Å². The fraction of sp³-hybridized carbons (Fsp3) is 0.917. The molecule has 7 unspecified atom stereocenters. The highest BCUT2D eigenvalue weighted by Crippen LogP contribution is 2.64. The lowest BCUT2D eigenvalue weighted by Gasteiger charge is -2.54. The Kier molecular flexibility index (Phi) is 4.33. The third-order valence-corrected chi connectivity index (χ3v) is 9.64. The van der Waals surface area contributed by atoms with Crippen molar-refractivity contribution in [2.24, 2.45) is 35.0 Å². The Bertz CT molecular complexity index is 577. The molecular formula is C24H38O2. The minimum absolute atomic E-state index is 0.0694. The van der Waals surface area contributed by atoms with E-state index in [9.17, 15) is 10.2 Å². The molecular weight excluding hydrogens is 320 g/mol. The summed E-state index contributed by atoms with van der Waals surface area (Å²) in [6.45, 7) is 2.63. The summed E-state index contributed by atoms with van der Waals surface area (Å²) < 4.78 is 0. The van der Waals surface area contributed by atoms with Crippen molar-refractivity contribution in [3.63, 3.8) is 0 Å². The first-order valence-electron chi connectivity index (χ1n) is 11.6. The van der Waals surface area contributed by atoms with Crippen molar-refractivity contribution in [2.45, 2.75) is 102 Å². The molecule has 2 N–H and O–H groups in total. The summed E-state index contributed by atoms with van der Waals surface area (Å²) in [5, 5.41) is 20.2. The van der Waals surface area contributed by atoms with Gasteiger partial charge < -0.3 is 10.2 Å². The molecule has 5 rings (SSSR count). The summed E-state index contributed by atoms with van der Waals surface area (Å²) in [4.78, 5) is 0. The Morgan fingerprint density at radius 3 is 2.69 bits per heavy atom. The summed E-state index contributed by atoms with van der Waals surface area (Å²) in [5.41, 5.74) is 1.92. The van der Waals surface area contributed by atoms with E-state index >= 15 is 0 Å². The molecule has 0 spiro atoms. The second kappa shape index (κ2) is 6.34. The predicted octanol–water partition coefficient (Wildman–Crippen LogP) is 5.23. The van der Waals surface area contributed by atoms with Gasteiger partial charge in [-0.05, 0) is 112 Å². The molecule has 2 heteroatoms. The second-order valence-corrected chi connectivity index (χ2v) is 10.9. The molecule has 4 saturated carbocycles. The van der Waals surface area contributed by atoms with Crippen LogP contribution in [0.3, 0.4) is 0 Å². The first-order chi connectivity index (χ1) is 12.5. The smallest absolute Gasteiger partial charge is 0.0650 e. The van der Waals surface area contributed by atoms with Crippen molar-refractivity contribution in [3.05, 3.63) is 11.6 Å². The molecule has 0 heterocycles. The fourth-order valence-corrected chi connectivity index (χ4v) is 7.90. The van der Waals surface area contributed by atoms with E-state index < -0.39 is 0 Å². The van der Waals surface area contributed by atoms with Crippen LogP contribution in [0.5, 0.6) is 0 Å². The van der Waals surface area contributed by atoms with E-state index in [1.807, 2.05) is 0 Å². The summed E-state index contributed by atoms with van der Waals surface area (Å²) in [6, 6.07) is 0. The lowest BCUT2D eigenvalue weighted by atomic mass is 9.51. The first kappa shape index (κ1) is 17.7. The number of aliphatic hydroxyl groups is 2. The van der Waals surface area contributed by atoms with Crippen LogP contribution in [-0.4, -0.2) is 21.9 Å². The van der Waals surface area contributed by atoms with Gasteiger partial charge in [-0.1, -0.05) is 25.0 Å². The summed E-state index contributed by atoms with van der Waals surface area (Å²) in [6.07, 6.45) is 18.5. The average molecular weight is 359 g/mol. The maximum absolute atomic E-state index is 10.2. The van der Waals surface area contributed by atoms with Crippen LogP contribution in [0.25, 0.3) is 0 Å². The molecule has 5 aliphatic rings. The lowest BCUT2D eigenvalue weighted by molar-refractivity contribution is -0.0206. The summed E-state index contributed by atoms with van der Waals surface area (Å²) >= 11 is 0. The van der Waals surface area contributed by atoms with E-state index in [0.717, 1.165) is 61.7 Å². The van der Waals surface area contributed by atoms with Gasteiger partial charge in [-0.15, -0.1) is 0 Å². The maximum Gasteiger partial charge on any atom is 0.0650 e. The molecule has 0 bridgehead atoms. The van der Waals surface area contributed by atoms with Crippen molar-refractivity contribution >= 4 is 0 Å². The molecule has 0 radical (unpaired) electrons. The van der Waals surface area contributed by atoms with Gasteiger partial charge in [0.25, 0.3) is 0 Å². The van der Waals surface area contributed by atoms with E-state index in [1.165, 1.54) is 51.4 Å². The SMILES string of the molecule is CC12CCC3C4CCC(O)CC4=CCC3C1CCC2CCCC1(O)CC1. The van der Waals surface area contributed by atoms with Crippen molar-refractivity contribution in [1.82, 2.24) is 0 Å². The number of hydrogen-bond donors (Lipinski definition) is 2. The minimum Gasteiger partial charge on any atom is -0.393 e. The van der Waals surface area contributed by atoms with E-state index in [4.69, 9.17) is 0 Å². The van der Waals surface area contributed by atoms with Gasteiger partial charge in [0, 0.05) is 0 Å². The number of hydrogen-bond acceptors (Lipinski definition) is 2. The molecule has 0 amide bonds. The first-order valence-corrected chi connectivity index (χ1v) is 11.6. The lowest BCUT2D eigenvalue weighted by Crippen LogP contribution is -2.46. The van der Waals surface area contributed by atoms with Gasteiger partial charge in [0.15, 0.2) is 0 Å². The molecule has 4 fully saturated rings. The molecule has 5 aliphatic carbocycles. The van der Waals surface area contributed by atoms with Gasteiger partial charge in [0.05, 0.1) is 11.7 Å². The van der Waals surface area contributed by atoms with Crippen LogP contribution in [0.4, 0.5) is 0 Å². The minimum atomic E-state index is -0.257. The Balaban J connectivity index is 1.27. The number of rotatable bonds is 4. The molecule has 146 valence electrons. The molecule has 0 aliphatic heterocycles. The number of fused-ring (bicyclic) bond motifs is 5.